The van der Waals surface area contributed by atoms with Crippen LogP contribution in [0.2, 0.25) is 0 Å². The number of benzene rings is 2. The third-order valence-electron chi connectivity index (χ3n) is 5.84. The molecule has 0 aliphatic carbocycles. The van der Waals surface area contributed by atoms with Gasteiger partial charge in [-0.1, -0.05) is 52.0 Å². The van der Waals surface area contributed by atoms with E-state index in [1.165, 1.54) is 23.3 Å². The Balaban J connectivity index is 1.82. The topological polar surface area (TPSA) is 64.6 Å². The van der Waals surface area contributed by atoms with Crippen LogP contribution in [0.1, 0.15) is 59.4 Å². The number of amides is 1. The van der Waals surface area contributed by atoms with Crippen LogP contribution in [-0.4, -0.2) is 31.6 Å². The van der Waals surface area contributed by atoms with Crippen LogP contribution in [0, 0.1) is 11.3 Å². The lowest BCUT2D eigenvalue weighted by Gasteiger charge is -2.25. The normalized spacial score (nSPS) is 12.6. The van der Waals surface area contributed by atoms with Gasteiger partial charge in [0, 0.05) is 0 Å². The quantitative estimate of drug-likeness (QED) is 0.483. The first-order valence-corrected chi connectivity index (χ1v) is 11.1. The number of hydrogen-bond acceptors (Lipinski definition) is 4. The first kappa shape index (κ1) is 24.7. The van der Waals surface area contributed by atoms with Gasteiger partial charge in [0.15, 0.2) is 5.78 Å². The maximum Gasteiger partial charge on any atom is 0.407 e. The van der Waals surface area contributed by atoms with E-state index in [4.69, 9.17) is 9.47 Å². The Morgan fingerprint density at radius 3 is 2.29 bits per heavy atom. The van der Waals surface area contributed by atoms with Crippen LogP contribution in [0.25, 0.3) is 10.8 Å². The molecule has 1 atom stereocenters. The third kappa shape index (κ3) is 7.57. The van der Waals surface area contributed by atoms with Crippen LogP contribution in [0.4, 0.5) is 4.79 Å². The van der Waals surface area contributed by atoms with Crippen LogP contribution < -0.4 is 10.1 Å². The average molecular weight is 428 g/mol. The molecular formula is C26H37NO4. The first-order valence-electron chi connectivity index (χ1n) is 11.1. The Bertz CT molecular complexity index is 888. The standard InChI is InChI=1S/C26H37NO4/c1-18(2)24(19(3)28)27-25(29)31-15-14-26(4,5)13-9-12-22-16-20-10-7-8-11-21(20)17-23(22)30-6/h7-8,10-11,16-18,24H,9,12-15H2,1-6H3,(H,27,29). The van der Waals surface area contributed by atoms with E-state index in [-0.39, 0.29) is 17.1 Å². The van der Waals surface area contributed by atoms with Crippen LogP contribution in [0.5, 0.6) is 5.75 Å². The van der Waals surface area contributed by atoms with Crippen molar-refractivity contribution >= 4 is 22.6 Å². The molecule has 5 nitrogen and oxygen atoms in total. The summed E-state index contributed by atoms with van der Waals surface area (Å²) in [7, 11) is 1.72. The summed E-state index contributed by atoms with van der Waals surface area (Å²) >= 11 is 0. The number of fused-ring (bicyclic) bond motifs is 1. The van der Waals surface area contributed by atoms with Gasteiger partial charge >= 0.3 is 6.09 Å². The summed E-state index contributed by atoms with van der Waals surface area (Å²) in [6.07, 6.45) is 3.21. The lowest BCUT2D eigenvalue weighted by atomic mass is 9.83. The number of hydrogen-bond donors (Lipinski definition) is 1. The minimum absolute atomic E-state index is 0.0357. The molecule has 0 aromatic heterocycles. The zero-order valence-corrected chi connectivity index (χ0v) is 19.8. The van der Waals surface area contributed by atoms with Gasteiger partial charge in [-0.3, -0.25) is 4.79 Å². The Morgan fingerprint density at radius 2 is 1.71 bits per heavy atom. The molecule has 1 N–H and O–H groups in total. The summed E-state index contributed by atoms with van der Waals surface area (Å²) in [4.78, 5) is 23.7. The van der Waals surface area contributed by atoms with Crippen molar-refractivity contribution in [3.63, 3.8) is 0 Å². The maximum atomic E-state index is 12.0. The van der Waals surface area contributed by atoms with Crippen molar-refractivity contribution in [1.29, 1.82) is 0 Å². The summed E-state index contributed by atoms with van der Waals surface area (Å²) in [5, 5.41) is 5.08. The summed E-state index contributed by atoms with van der Waals surface area (Å²) < 4.78 is 10.9. The number of ketones is 1. The SMILES string of the molecule is COc1cc2ccccc2cc1CCCC(C)(C)CCOC(=O)NC(C(C)=O)C(C)C. The minimum Gasteiger partial charge on any atom is -0.496 e. The highest BCUT2D eigenvalue weighted by Gasteiger charge is 2.22. The van der Waals surface area contributed by atoms with Crippen LogP contribution >= 0.6 is 0 Å². The average Bonchev–Trinajstić information content (AvgIpc) is 2.70. The predicted molar refractivity (Wildman–Crippen MR) is 126 cm³/mol. The van der Waals surface area contributed by atoms with E-state index in [0.717, 1.165) is 31.4 Å². The minimum atomic E-state index is -0.523. The van der Waals surface area contributed by atoms with Crippen LogP contribution in [0.15, 0.2) is 36.4 Å². The van der Waals surface area contributed by atoms with Gasteiger partial charge in [0.1, 0.15) is 5.75 Å². The van der Waals surface area contributed by atoms with Crippen LogP contribution in [0.3, 0.4) is 0 Å². The first-order chi connectivity index (χ1) is 14.6. The molecular weight excluding hydrogens is 390 g/mol. The predicted octanol–water partition coefficient (Wildman–Crippen LogP) is 5.93. The van der Waals surface area contributed by atoms with Gasteiger partial charge in [0.25, 0.3) is 0 Å². The molecule has 5 heteroatoms. The van der Waals surface area contributed by atoms with E-state index in [1.807, 2.05) is 19.9 Å². The number of rotatable bonds is 11. The molecule has 0 saturated heterocycles. The molecule has 0 aliphatic heterocycles. The van der Waals surface area contributed by atoms with Gasteiger partial charge in [-0.05, 0) is 72.4 Å². The Morgan fingerprint density at radius 1 is 1.06 bits per heavy atom. The molecule has 31 heavy (non-hydrogen) atoms. The molecule has 170 valence electrons. The molecule has 1 unspecified atom stereocenters. The maximum absolute atomic E-state index is 12.0. The van der Waals surface area contributed by atoms with Crippen molar-refractivity contribution in [3.8, 4) is 5.75 Å². The number of alkyl carbamates (subject to hydrolysis) is 1. The number of ether oxygens (including phenoxy) is 2. The fourth-order valence-corrected chi connectivity index (χ4v) is 3.86. The lowest BCUT2D eigenvalue weighted by Crippen LogP contribution is -2.43. The highest BCUT2D eigenvalue weighted by atomic mass is 16.5. The number of Topliss-reactive ketones (excluding diaryl/α,β-unsaturated/α-hetero) is 1. The molecule has 2 rings (SSSR count). The van der Waals surface area contributed by atoms with E-state index >= 15 is 0 Å². The number of methoxy groups -OCH3 is 1. The summed E-state index contributed by atoms with van der Waals surface area (Å²) in [6.45, 7) is 10.0. The van der Waals surface area contributed by atoms with Gasteiger partial charge in [-0.25, -0.2) is 4.79 Å². The highest BCUT2D eigenvalue weighted by Crippen LogP contribution is 2.31. The summed E-state index contributed by atoms with van der Waals surface area (Å²) in [5.41, 5.74) is 1.26. The van der Waals surface area contributed by atoms with Gasteiger partial charge in [0.2, 0.25) is 0 Å². The molecule has 0 aliphatic rings. The molecule has 2 aromatic carbocycles. The molecule has 0 fully saturated rings. The van der Waals surface area contributed by atoms with E-state index in [1.54, 1.807) is 7.11 Å². The summed E-state index contributed by atoms with van der Waals surface area (Å²) in [5.74, 6) is 0.909. The fourth-order valence-electron chi connectivity index (χ4n) is 3.86. The second kappa shape index (κ2) is 11.2. The van der Waals surface area contributed by atoms with Crippen molar-refractivity contribution in [1.82, 2.24) is 5.32 Å². The second-order valence-corrected chi connectivity index (χ2v) is 9.39. The van der Waals surface area contributed by atoms with Crippen LogP contribution in [-0.2, 0) is 16.0 Å². The molecule has 0 saturated carbocycles. The molecule has 1 amide bonds. The molecule has 2 aromatic rings. The number of carbonyl (C=O) groups is 2. The number of aryl methyl sites for hydroxylation is 1. The number of carbonyl (C=O) groups excluding carboxylic acids is 2. The van der Waals surface area contributed by atoms with Crippen molar-refractivity contribution < 1.29 is 19.1 Å². The largest absolute Gasteiger partial charge is 0.496 e. The zero-order chi connectivity index (χ0) is 23.0. The van der Waals surface area contributed by atoms with Crippen molar-refractivity contribution in [3.05, 3.63) is 42.0 Å². The monoisotopic (exact) mass is 427 g/mol. The third-order valence-corrected chi connectivity index (χ3v) is 5.84. The fraction of sp³-hybridized carbons (Fsp3) is 0.538. The van der Waals surface area contributed by atoms with E-state index < -0.39 is 12.1 Å². The van der Waals surface area contributed by atoms with E-state index in [2.05, 4.69) is 49.5 Å². The summed E-state index contributed by atoms with van der Waals surface area (Å²) in [6, 6.07) is 12.1. The Kier molecular flexibility index (Phi) is 8.90. The lowest BCUT2D eigenvalue weighted by molar-refractivity contribution is -0.119. The number of nitrogens with one attached hydrogen (secondary N) is 1. The van der Waals surface area contributed by atoms with E-state index in [9.17, 15) is 9.59 Å². The van der Waals surface area contributed by atoms with Crippen molar-refractivity contribution in [2.24, 2.45) is 11.3 Å². The highest BCUT2D eigenvalue weighted by molar-refractivity contribution is 5.86. The van der Waals surface area contributed by atoms with E-state index in [0.29, 0.717) is 6.61 Å². The molecule has 0 spiro atoms. The molecule has 0 radical (unpaired) electrons. The van der Waals surface area contributed by atoms with Gasteiger partial charge in [-0.15, -0.1) is 0 Å². The Labute approximate surface area is 186 Å². The van der Waals surface area contributed by atoms with Gasteiger partial charge in [0.05, 0.1) is 19.8 Å². The van der Waals surface area contributed by atoms with Crippen molar-refractivity contribution in [2.75, 3.05) is 13.7 Å². The smallest absolute Gasteiger partial charge is 0.407 e. The van der Waals surface area contributed by atoms with Crippen molar-refractivity contribution in [2.45, 2.75) is 66.3 Å². The van der Waals surface area contributed by atoms with Gasteiger partial charge < -0.3 is 14.8 Å². The second-order valence-electron chi connectivity index (χ2n) is 9.39. The Hall–Kier alpha value is -2.56. The molecule has 0 heterocycles. The molecule has 0 bridgehead atoms. The zero-order valence-electron chi connectivity index (χ0n) is 19.8. The van der Waals surface area contributed by atoms with Gasteiger partial charge in [-0.2, -0.15) is 0 Å².